The van der Waals surface area contributed by atoms with E-state index in [-0.39, 0.29) is 0 Å². The molecule has 0 saturated carbocycles. The summed E-state index contributed by atoms with van der Waals surface area (Å²) in [5, 5.41) is 8.83. The van der Waals surface area contributed by atoms with Gasteiger partial charge < -0.3 is 0 Å². The number of aromatic nitrogens is 2. The number of hydrogen-bond donors (Lipinski definition) is 1. The average molecular weight is 298 g/mol. The van der Waals surface area contributed by atoms with Gasteiger partial charge in [0.2, 0.25) is 0 Å². The fourth-order valence-corrected chi connectivity index (χ4v) is 3.33. The Labute approximate surface area is 135 Å². The summed E-state index contributed by atoms with van der Waals surface area (Å²) in [6.07, 6.45) is 0. The zero-order chi connectivity index (χ0) is 15.8. The topological polar surface area (TPSA) is 28.7 Å². The fourth-order valence-electron chi connectivity index (χ4n) is 3.33. The molecule has 0 radical (unpaired) electrons. The van der Waals surface area contributed by atoms with Crippen LogP contribution in [0.4, 0.5) is 0 Å². The first-order valence-corrected chi connectivity index (χ1v) is 7.85. The van der Waals surface area contributed by atoms with Crippen molar-refractivity contribution in [1.29, 1.82) is 0 Å². The standard InChI is InChI=1S/C21H18N2/c1-14-18(16-9-5-3-6-10-16)13-19-21(15(2)22-23-19)20(14)17-11-7-4-8-12-17/h3-13H,1-2H3,(H,22,23). The van der Waals surface area contributed by atoms with E-state index in [0.29, 0.717) is 0 Å². The summed E-state index contributed by atoms with van der Waals surface area (Å²) in [6, 6.07) is 23.3. The van der Waals surface area contributed by atoms with E-state index in [2.05, 4.69) is 90.8 Å². The lowest BCUT2D eigenvalue weighted by Gasteiger charge is -2.14. The third-order valence-electron chi connectivity index (χ3n) is 4.44. The second-order valence-electron chi connectivity index (χ2n) is 5.89. The largest absolute Gasteiger partial charge is 0.278 e. The minimum absolute atomic E-state index is 1.04. The molecule has 0 fully saturated rings. The Morgan fingerprint density at radius 3 is 2.04 bits per heavy atom. The molecule has 0 spiro atoms. The van der Waals surface area contributed by atoms with Gasteiger partial charge in [-0.2, -0.15) is 5.10 Å². The minimum Gasteiger partial charge on any atom is -0.278 e. The summed E-state index contributed by atoms with van der Waals surface area (Å²) < 4.78 is 0. The zero-order valence-electron chi connectivity index (χ0n) is 13.3. The van der Waals surface area contributed by atoms with Crippen molar-refractivity contribution in [3.05, 3.63) is 78.0 Å². The van der Waals surface area contributed by atoms with Crippen LogP contribution in [0.25, 0.3) is 33.2 Å². The van der Waals surface area contributed by atoms with Crippen LogP contribution < -0.4 is 0 Å². The summed E-state index contributed by atoms with van der Waals surface area (Å²) >= 11 is 0. The monoisotopic (exact) mass is 298 g/mol. The van der Waals surface area contributed by atoms with Crippen LogP contribution in [-0.4, -0.2) is 10.2 Å². The maximum atomic E-state index is 4.43. The van der Waals surface area contributed by atoms with Crippen molar-refractivity contribution in [1.82, 2.24) is 10.2 Å². The number of fused-ring (bicyclic) bond motifs is 1. The molecule has 1 aromatic heterocycles. The van der Waals surface area contributed by atoms with E-state index in [9.17, 15) is 0 Å². The second-order valence-corrected chi connectivity index (χ2v) is 5.89. The molecule has 0 aliphatic carbocycles. The predicted octanol–water partition coefficient (Wildman–Crippen LogP) is 5.51. The molecule has 0 atom stereocenters. The maximum absolute atomic E-state index is 4.43. The first-order chi connectivity index (χ1) is 11.3. The lowest BCUT2D eigenvalue weighted by Crippen LogP contribution is -1.91. The van der Waals surface area contributed by atoms with Gasteiger partial charge in [0.1, 0.15) is 0 Å². The average Bonchev–Trinajstić information content (AvgIpc) is 2.97. The van der Waals surface area contributed by atoms with Gasteiger partial charge in [-0.15, -0.1) is 0 Å². The Kier molecular flexibility index (Phi) is 3.23. The van der Waals surface area contributed by atoms with Crippen molar-refractivity contribution in [2.45, 2.75) is 13.8 Å². The summed E-state index contributed by atoms with van der Waals surface area (Å²) in [5.41, 5.74) is 8.41. The molecule has 2 nitrogen and oxygen atoms in total. The number of aromatic amines is 1. The molecular formula is C21H18N2. The molecule has 1 N–H and O–H groups in total. The number of aryl methyl sites for hydroxylation is 1. The van der Waals surface area contributed by atoms with Crippen molar-refractivity contribution in [3.63, 3.8) is 0 Å². The summed E-state index contributed by atoms with van der Waals surface area (Å²) in [4.78, 5) is 0. The first kappa shape index (κ1) is 13.8. The van der Waals surface area contributed by atoms with E-state index in [1.54, 1.807) is 0 Å². The summed E-state index contributed by atoms with van der Waals surface area (Å²) in [6.45, 7) is 4.27. The van der Waals surface area contributed by atoms with E-state index in [4.69, 9.17) is 0 Å². The molecule has 112 valence electrons. The quantitative estimate of drug-likeness (QED) is 0.519. The van der Waals surface area contributed by atoms with Gasteiger partial charge in [-0.1, -0.05) is 60.7 Å². The van der Waals surface area contributed by atoms with Crippen LogP contribution in [-0.2, 0) is 0 Å². The minimum atomic E-state index is 1.04. The number of nitrogens with zero attached hydrogens (tertiary/aromatic N) is 1. The molecule has 2 heteroatoms. The Bertz CT molecular complexity index is 967. The summed E-state index contributed by atoms with van der Waals surface area (Å²) in [5.74, 6) is 0. The van der Waals surface area contributed by atoms with Gasteiger partial charge in [0, 0.05) is 5.39 Å². The van der Waals surface area contributed by atoms with Crippen LogP contribution >= 0.6 is 0 Å². The maximum Gasteiger partial charge on any atom is 0.0676 e. The number of hydrogen-bond acceptors (Lipinski definition) is 1. The molecule has 1 heterocycles. The van der Waals surface area contributed by atoms with Crippen LogP contribution in [0.15, 0.2) is 66.7 Å². The van der Waals surface area contributed by atoms with Crippen LogP contribution in [0.5, 0.6) is 0 Å². The lowest BCUT2D eigenvalue weighted by atomic mass is 9.89. The van der Waals surface area contributed by atoms with Gasteiger partial charge in [0.25, 0.3) is 0 Å². The van der Waals surface area contributed by atoms with Gasteiger partial charge in [-0.05, 0) is 47.7 Å². The van der Waals surface area contributed by atoms with Crippen LogP contribution in [0, 0.1) is 13.8 Å². The predicted molar refractivity (Wildman–Crippen MR) is 96.4 cm³/mol. The van der Waals surface area contributed by atoms with Crippen LogP contribution in [0.3, 0.4) is 0 Å². The van der Waals surface area contributed by atoms with E-state index < -0.39 is 0 Å². The van der Waals surface area contributed by atoms with Gasteiger partial charge in [-0.3, -0.25) is 5.10 Å². The van der Waals surface area contributed by atoms with Crippen molar-refractivity contribution < 1.29 is 0 Å². The Balaban J connectivity index is 2.11. The summed E-state index contributed by atoms with van der Waals surface area (Å²) in [7, 11) is 0. The van der Waals surface area contributed by atoms with Crippen molar-refractivity contribution >= 4 is 10.9 Å². The third kappa shape index (κ3) is 2.23. The normalized spacial score (nSPS) is 11.0. The molecule has 0 aliphatic rings. The van der Waals surface area contributed by atoms with Gasteiger partial charge in [0.05, 0.1) is 11.2 Å². The van der Waals surface area contributed by atoms with E-state index in [0.717, 1.165) is 11.2 Å². The lowest BCUT2D eigenvalue weighted by molar-refractivity contribution is 1.07. The third-order valence-corrected chi connectivity index (χ3v) is 4.44. The van der Waals surface area contributed by atoms with Gasteiger partial charge >= 0.3 is 0 Å². The number of nitrogens with one attached hydrogen (secondary N) is 1. The number of rotatable bonds is 2. The van der Waals surface area contributed by atoms with Gasteiger partial charge in [0.15, 0.2) is 0 Å². The van der Waals surface area contributed by atoms with E-state index >= 15 is 0 Å². The number of benzene rings is 3. The highest BCUT2D eigenvalue weighted by Gasteiger charge is 2.16. The molecule has 0 bridgehead atoms. The highest BCUT2D eigenvalue weighted by atomic mass is 15.1. The first-order valence-electron chi connectivity index (χ1n) is 7.85. The van der Waals surface area contributed by atoms with Crippen molar-refractivity contribution in [2.24, 2.45) is 0 Å². The van der Waals surface area contributed by atoms with Crippen LogP contribution in [0.2, 0.25) is 0 Å². The molecule has 0 unspecified atom stereocenters. The molecule has 0 amide bonds. The highest BCUT2D eigenvalue weighted by molar-refractivity contribution is 6.02. The van der Waals surface area contributed by atoms with Crippen LogP contribution in [0.1, 0.15) is 11.3 Å². The van der Waals surface area contributed by atoms with Crippen molar-refractivity contribution in [2.75, 3.05) is 0 Å². The highest BCUT2D eigenvalue weighted by Crippen LogP contribution is 2.38. The SMILES string of the molecule is Cc1c(-c2ccccc2)cc2[nH]nc(C)c2c1-c1ccccc1. The Morgan fingerprint density at radius 1 is 0.783 bits per heavy atom. The molecule has 23 heavy (non-hydrogen) atoms. The Morgan fingerprint density at radius 2 is 1.39 bits per heavy atom. The van der Waals surface area contributed by atoms with E-state index in [1.807, 2.05) is 0 Å². The smallest absolute Gasteiger partial charge is 0.0676 e. The molecule has 4 aromatic rings. The van der Waals surface area contributed by atoms with E-state index in [1.165, 1.54) is 33.2 Å². The molecule has 4 rings (SSSR count). The fraction of sp³-hybridized carbons (Fsp3) is 0.0952. The molecule has 3 aromatic carbocycles. The van der Waals surface area contributed by atoms with Gasteiger partial charge in [-0.25, -0.2) is 0 Å². The van der Waals surface area contributed by atoms with Crippen molar-refractivity contribution in [3.8, 4) is 22.3 Å². The Hall–Kier alpha value is -2.87. The second kappa shape index (κ2) is 5.40. The zero-order valence-corrected chi connectivity index (χ0v) is 13.3. The molecule has 0 aliphatic heterocycles. The molecular weight excluding hydrogens is 280 g/mol. The molecule has 0 saturated heterocycles. The number of H-pyrrole nitrogens is 1.